The number of fused-ring (bicyclic) bond motifs is 3. The van der Waals surface area contributed by atoms with E-state index in [1.165, 1.54) is 24.5 Å². The van der Waals surface area contributed by atoms with E-state index < -0.39 is 54.9 Å². The van der Waals surface area contributed by atoms with Crippen molar-refractivity contribution in [3.8, 4) is 39.8 Å². The average molecular weight is 966 g/mol. The van der Waals surface area contributed by atoms with E-state index in [0.717, 1.165) is 24.4 Å². The quantitative estimate of drug-likeness (QED) is 0.114. The molecule has 292 valence electrons. The van der Waals surface area contributed by atoms with Gasteiger partial charge < -0.3 is 19.4 Å². The standard InChI is InChI=1S/C54H41N4O.Ir/c1-36-27-51(42-11-5-3-6-12-42)57-34-45(36)24-21-40-29-39(30-41(31-40)22-25-46-35-58-52(28-37(46)2)43-13-7-4-8-14-43)20-19-38-23-26-50(56-33-38)49-18-10-17-48-47-16-9-15-44(32-55)53(47)59-54(48)49;/h3-11,13,15-17,23,26-31,33-35H,19-22,24-25H2,1-2H3;/q-3;+3/i19D2,20D2,21D2,22D2,24D2,25D2;. The van der Waals surface area contributed by atoms with E-state index in [2.05, 4.69) is 39.2 Å². The minimum Gasteiger partial charge on any atom is -0.499 e. The van der Waals surface area contributed by atoms with Crippen LogP contribution in [0.25, 0.3) is 55.7 Å². The van der Waals surface area contributed by atoms with Crippen molar-refractivity contribution < 1.29 is 41.0 Å². The second kappa shape index (κ2) is 18.2. The van der Waals surface area contributed by atoms with E-state index >= 15 is 0 Å². The van der Waals surface area contributed by atoms with E-state index in [1.807, 2.05) is 6.07 Å². The summed E-state index contributed by atoms with van der Waals surface area (Å²) in [7, 11) is 0. The topological polar surface area (TPSA) is 75.6 Å². The maximum absolute atomic E-state index is 9.71. The van der Waals surface area contributed by atoms with Crippen molar-refractivity contribution in [2.45, 2.75) is 52.1 Å². The summed E-state index contributed by atoms with van der Waals surface area (Å²) in [5.74, 6) is 0. The summed E-state index contributed by atoms with van der Waals surface area (Å²) < 4.78 is 119. The van der Waals surface area contributed by atoms with Crippen LogP contribution in [0.2, 0.25) is 0 Å². The van der Waals surface area contributed by atoms with Crippen molar-refractivity contribution >= 4 is 21.9 Å². The fourth-order valence-corrected chi connectivity index (χ4v) is 6.70. The molecule has 0 saturated carbocycles. The molecule has 0 radical (unpaired) electrons. The SMILES string of the molecule is [2H]C([2H])(c1ccc(-c2[c-]ccc3c2oc2c(C#N)cccc23)nc1)C([2H])([2H])c1cc(C([2H])([2H])C([2H])([2H])c2cnc(-c3[c-]cccc3)cc2C)cc(C([2H])([2H])C([2H])([2H])c2cnc(-c3[c-]cccc3)cc2C)c1.[Ir+3]. The molecule has 60 heavy (non-hydrogen) atoms. The van der Waals surface area contributed by atoms with Crippen LogP contribution in [-0.4, -0.2) is 15.0 Å². The van der Waals surface area contributed by atoms with Gasteiger partial charge in [-0.05, 0) is 109 Å². The van der Waals surface area contributed by atoms with Gasteiger partial charge in [0.05, 0.1) is 11.1 Å². The van der Waals surface area contributed by atoms with E-state index in [-0.39, 0.29) is 36.8 Å². The summed E-state index contributed by atoms with van der Waals surface area (Å²) in [5.41, 5.74) is 2.26. The van der Waals surface area contributed by atoms with Crippen LogP contribution in [-0.2, 0) is 58.3 Å². The molecule has 9 rings (SSSR count). The Kier molecular flexibility index (Phi) is 8.50. The number of benzene rings is 5. The van der Waals surface area contributed by atoms with Crippen LogP contribution < -0.4 is 0 Å². The van der Waals surface area contributed by atoms with Crippen LogP contribution >= 0.6 is 0 Å². The molecule has 0 atom stereocenters. The molecule has 0 N–H and O–H groups in total. The van der Waals surface area contributed by atoms with Gasteiger partial charge in [0, 0.05) is 40.4 Å². The van der Waals surface area contributed by atoms with Gasteiger partial charge in [0.25, 0.3) is 0 Å². The molecule has 0 fully saturated rings. The van der Waals surface area contributed by atoms with E-state index in [4.69, 9.17) is 4.42 Å². The molecule has 0 aliphatic carbocycles. The molecule has 0 bridgehead atoms. The first-order valence-electron chi connectivity index (χ1n) is 24.8. The summed E-state index contributed by atoms with van der Waals surface area (Å²) in [6, 6.07) is 43.0. The minimum absolute atomic E-state index is 0. The Hall–Kier alpha value is -6.51. The zero-order valence-electron chi connectivity index (χ0n) is 44.3. The van der Waals surface area contributed by atoms with Crippen LogP contribution in [0.15, 0.2) is 144 Å². The third-order valence-electron chi connectivity index (χ3n) is 9.76. The first kappa shape index (κ1) is 28.0. The Labute approximate surface area is 382 Å². The van der Waals surface area contributed by atoms with Crippen molar-refractivity contribution in [3.05, 3.63) is 208 Å². The minimum atomic E-state index is -3.14. The number of aryl methyl sites for hydroxylation is 8. The molecular formula is C54H41IrN4O. The number of furan rings is 1. The van der Waals surface area contributed by atoms with Gasteiger partial charge in [-0.15, -0.1) is 90.0 Å². The van der Waals surface area contributed by atoms with E-state index in [0.29, 0.717) is 72.4 Å². The first-order valence-corrected chi connectivity index (χ1v) is 18.8. The largest absolute Gasteiger partial charge is 3.00 e. The molecule has 6 heteroatoms. The van der Waals surface area contributed by atoms with Crippen molar-refractivity contribution in [3.63, 3.8) is 0 Å². The summed E-state index contributed by atoms with van der Waals surface area (Å²) in [4.78, 5) is 13.4. The van der Waals surface area contributed by atoms with Gasteiger partial charge in [0.2, 0.25) is 0 Å². The molecule has 0 spiro atoms. The van der Waals surface area contributed by atoms with Gasteiger partial charge in [0.1, 0.15) is 11.7 Å². The van der Waals surface area contributed by atoms with Crippen molar-refractivity contribution in [1.82, 2.24) is 15.0 Å². The monoisotopic (exact) mass is 966 g/mol. The third-order valence-corrected chi connectivity index (χ3v) is 9.76. The van der Waals surface area contributed by atoms with Crippen molar-refractivity contribution in [2.24, 2.45) is 0 Å². The summed E-state index contributed by atoms with van der Waals surface area (Å²) in [6.07, 6.45) is -14.6. The van der Waals surface area contributed by atoms with Crippen LogP contribution in [0, 0.1) is 43.4 Å². The maximum atomic E-state index is 9.71. The number of para-hydroxylation sites is 1. The third kappa shape index (κ3) is 8.75. The molecule has 4 heterocycles. The summed E-state index contributed by atoms with van der Waals surface area (Å²) in [6.45, 7) is 3.19. The molecule has 0 unspecified atom stereocenters. The van der Waals surface area contributed by atoms with E-state index in [9.17, 15) is 21.7 Å². The predicted octanol–water partition coefficient (Wildman–Crippen LogP) is 12.0. The smallest absolute Gasteiger partial charge is 0.499 e. The summed E-state index contributed by atoms with van der Waals surface area (Å²) in [5, 5.41) is 11.1. The molecule has 0 amide bonds. The van der Waals surface area contributed by atoms with Gasteiger partial charge >= 0.3 is 20.1 Å². The predicted molar refractivity (Wildman–Crippen MR) is 236 cm³/mol. The van der Waals surface area contributed by atoms with Gasteiger partial charge in [-0.2, -0.15) is 5.26 Å². The van der Waals surface area contributed by atoms with Crippen LogP contribution in [0.4, 0.5) is 0 Å². The molecule has 0 aliphatic rings. The molecular weight excluding hydrogens is 913 g/mol. The Bertz CT molecular complexity index is 3410. The normalized spacial score (nSPS) is 15.5. The number of hydrogen-bond acceptors (Lipinski definition) is 5. The van der Waals surface area contributed by atoms with Gasteiger partial charge in [-0.3, -0.25) is 0 Å². The number of hydrogen-bond donors (Lipinski definition) is 0. The molecule has 5 nitrogen and oxygen atoms in total. The zero-order chi connectivity index (χ0) is 50.9. The number of rotatable bonds is 12. The van der Waals surface area contributed by atoms with Crippen LogP contribution in [0.1, 0.15) is 66.5 Å². The Morgan fingerprint density at radius 1 is 0.550 bits per heavy atom. The van der Waals surface area contributed by atoms with Crippen LogP contribution in [0.5, 0.6) is 0 Å². The zero-order valence-corrected chi connectivity index (χ0v) is 34.7. The van der Waals surface area contributed by atoms with Gasteiger partial charge in [-0.1, -0.05) is 76.7 Å². The Morgan fingerprint density at radius 3 is 1.65 bits per heavy atom. The van der Waals surface area contributed by atoms with Crippen molar-refractivity contribution in [1.29, 1.82) is 5.26 Å². The molecule has 0 saturated heterocycles. The fourth-order valence-electron chi connectivity index (χ4n) is 6.70. The Morgan fingerprint density at radius 2 is 1.12 bits per heavy atom. The number of nitrogens with zero attached hydrogens (tertiary/aromatic N) is 4. The maximum Gasteiger partial charge on any atom is 3.00 e. The second-order valence-corrected chi connectivity index (χ2v) is 13.8. The fraction of sp³-hybridized carbons (Fsp3) is 0.148. The Balaban J connectivity index is 0.00000693. The molecule has 4 aromatic heterocycles. The van der Waals surface area contributed by atoms with Gasteiger partial charge in [-0.25, -0.2) is 0 Å². The molecule has 0 aliphatic heterocycles. The average Bonchev–Trinajstić information content (AvgIpc) is 3.76. The van der Waals surface area contributed by atoms with E-state index in [1.54, 1.807) is 98.8 Å². The second-order valence-electron chi connectivity index (χ2n) is 13.8. The number of pyridine rings is 3. The number of nitriles is 1. The van der Waals surface area contributed by atoms with Gasteiger partial charge in [0.15, 0.2) is 0 Å². The molecule has 9 aromatic rings. The van der Waals surface area contributed by atoms with Crippen LogP contribution in [0.3, 0.4) is 0 Å². The molecule has 5 aromatic carbocycles. The number of aromatic nitrogens is 3. The first-order chi connectivity index (χ1) is 33.5. The summed E-state index contributed by atoms with van der Waals surface area (Å²) >= 11 is 0. The van der Waals surface area contributed by atoms with Crippen molar-refractivity contribution in [2.75, 3.05) is 0 Å².